The zero-order valence-electron chi connectivity index (χ0n) is 11.9. The van der Waals surface area contributed by atoms with Crippen LogP contribution in [0.5, 0.6) is 0 Å². The third-order valence-corrected chi connectivity index (χ3v) is 8.36. The van der Waals surface area contributed by atoms with Crippen LogP contribution in [-0.2, 0) is 24.7 Å². The molecule has 0 saturated carbocycles. The molecule has 0 N–H and O–H groups in total. The molecule has 0 aromatic rings. The zero-order valence-corrected chi connectivity index (χ0v) is 13.6. The minimum absolute atomic E-state index is 0.0395. The summed E-state index contributed by atoms with van der Waals surface area (Å²) >= 11 is 0. The van der Waals surface area contributed by atoms with Crippen LogP contribution in [0.3, 0.4) is 0 Å². The highest BCUT2D eigenvalue weighted by molar-refractivity contribution is 7.92. The molecule has 2 unspecified atom stereocenters. The number of sulfonamides is 1. The van der Waals surface area contributed by atoms with E-state index in [0.29, 0.717) is 6.54 Å². The summed E-state index contributed by atoms with van der Waals surface area (Å²) in [7, 11) is -6.75. The van der Waals surface area contributed by atoms with Gasteiger partial charge in [0.15, 0.2) is 0 Å². The zero-order chi connectivity index (χ0) is 15.7. The predicted molar refractivity (Wildman–Crippen MR) is 77.6 cm³/mol. The van der Waals surface area contributed by atoms with E-state index in [4.69, 9.17) is 0 Å². The maximum absolute atomic E-state index is 12.7. The Morgan fingerprint density at radius 1 is 1.19 bits per heavy atom. The van der Waals surface area contributed by atoms with Gasteiger partial charge in [-0.1, -0.05) is 6.92 Å². The summed E-state index contributed by atoms with van der Waals surface area (Å²) in [4.78, 5) is 14.2. The molecule has 2 saturated heterocycles. The second kappa shape index (κ2) is 6.16. The Hall–Kier alpha value is -0.760. The van der Waals surface area contributed by atoms with Gasteiger partial charge >= 0.3 is 0 Å². The van der Waals surface area contributed by atoms with Crippen LogP contribution >= 0.6 is 0 Å². The lowest BCUT2D eigenvalue weighted by Crippen LogP contribution is -2.51. The molecule has 2 rings (SSSR count). The number of carbonyl (C=O) groups excluding carboxylic acids is 1. The molecule has 2 atom stereocenters. The summed E-state index contributed by atoms with van der Waals surface area (Å²) in [6.07, 6.45) is 2.51. The molecule has 0 radical (unpaired) electrons. The van der Waals surface area contributed by atoms with Crippen LogP contribution in [0.25, 0.3) is 0 Å². The summed E-state index contributed by atoms with van der Waals surface area (Å²) < 4.78 is 49.6. The van der Waals surface area contributed by atoms with E-state index in [1.165, 1.54) is 10.4 Å². The first-order valence-corrected chi connectivity index (χ1v) is 10.4. The van der Waals surface area contributed by atoms with Gasteiger partial charge in [-0.05, 0) is 31.6 Å². The number of rotatable bonds is 3. The van der Waals surface area contributed by atoms with Gasteiger partial charge in [0.05, 0.1) is 16.8 Å². The number of aliphatic imine (C=N–C) groups is 1. The summed E-state index contributed by atoms with van der Waals surface area (Å²) in [5.74, 6) is -0.230. The molecule has 0 bridgehead atoms. The number of isocyanates is 1. The summed E-state index contributed by atoms with van der Waals surface area (Å²) in [5.41, 5.74) is 0. The van der Waals surface area contributed by atoms with Crippen molar-refractivity contribution in [1.29, 1.82) is 0 Å². The van der Waals surface area contributed by atoms with E-state index in [0.717, 1.165) is 12.8 Å². The standard InChI is InChI=1S/C12H20N2O5S2/c1-10-3-2-6-14(12(10)13-9-15)21(18,19)11-4-7-20(16,17)8-5-11/h10-12H,2-8H2,1H3. The van der Waals surface area contributed by atoms with E-state index >= 15 is 0 Å². The van der Waals surface area contributed by atoms with Gasteiger partial charge in [0.25, 0.3) is 0 Å². The Bertz CT molecular complexity index is 623. The first kappa shape index (κ1) is 16.6. The van der Waals surface area contributed by atoms with Gasteiger partial charge < -0.3 is 0 Å². The van der Waals surface area contributed by atoms with E-state index in [2.05, 4.69) is 4.99 Å². The Kier molecular flexibility index (Phi) is 4.87. The molecule has 7 nitrogen and oxygen atoms in total. The molecular formula is C12H20N2O5S2. The lowest BCUT2D eigenvalue weighted by atomic mass is 9.98. The van der Waals surface area contributed by atoms with Crippen molar-refractivity contribution in [1.82, 2.24) is 4.31 Å². The number of nitrogens with zero attached hydrogens (tertiary/aromatic N) is 2. The van der Waals surface area contributed by atoms with Crippen molar-refractivity contribution in [3.05, 3.63) is 0 Å². The maximum atomic E-state index is 12.7. The highest BCUT2D eigenvalue weighted by Gasteiger charge is 2.42. The SMILES string of the molecule is CC1CCCN(S(=O)(=O)C2CCS(=O)(=O)CC2)C1N=C=O. The molecule has 120 valence electrons. The van der Waals surface area contributed by atoms with Gasteiger partial charge in [-0.3, -0.25) is 0 Å². The minimum Gasteiger partial charge on any atom is -0.229 e. The fourth-order valence-corrected chi connectivity index (χ4v) is 6.96. The van der Waals surface area contributed by atoms with Crippen molar-refractivity contribution in [3.8, 4) is 0 Å². The molecule has 2 aliphatic rings. The molecule has 0 spiro atoms. The monoisotopic (exact) mass is 336 g/mol. The normalized spacial score (nSPS) is 31.5. The first-order valence-electron chi connectivity index (χ1n) is 7.06. The minimum atomic E-state index is -3.64. The first-order chi connectivity index (χ1) is 9.78. The lowest BCUT2D eigenvalue weighted by Gasteiger charge is -2.38. The Balaban J connectivity index is 2.23. The summed E-state index contributed by atoms with van der Waals surface area (Å²) in [5, 5.41) is -0.698. The van der Waals surface area contributed by atoms with Gasteiger partial charge in [-0.25, -0.2) is 21.6 Å². The molecule has 2 heterocycles. The van der Waals surface area contributed by atoms with Crippen LogP contribution in [0.1, 0.15) is 32.6 Å². The van der Waals surface area contributed by atoms with E-state index in [9.17, 15) is 21.6 Å². The largest absolute Gasteiger partial charge is 0.236 e. The van der Waals surface area contributed by atoms with Gasteiger partial charge in [-0.15, -0.1) is 0 Å². The number of hydrogen-bond acceptors (Lipinski definition) is 6. The Morgan fingerprint density at radius 3 is 2.38 bits per heavy atom. The van der Waals surface area contributed by atoms with Gasteiger partial charge in [-0.2, -0.15) is 9.30 Å². The molecule has 21 heavy (non-hydrogen) atoms. The number of sulfone groups is 1. The van der Waals surface area contributed by atoms with Crippen LogP contribution in [0.15, 0.2) is 4.99 Å². The van der Waals surface area contributed by atoms with E-state index in [1.807, 2.05) is 6.92 Å². The molecule has 9 heteroatoms. The predicted octanol–water partition coefficient (Wildman–Crippen LogP) is 0.287. The molecule has 0 aromatic carbocycles. The number of piperidine rings is 1. The lowest BCUT2D eigenvalue weighted by molar-refractivity contribution is 0.191. The van der Waals surface area contributed by atoms with Crippen molar-refractivity contribution in [2.75, 3.05) is 18.1 Å². The van der Waals surface area contributed by atoms with Crippen LogP contribution in [-0.4, -0.2) is 56.7 Å². The van der Waals surface area contributed by atoms with Crippen LogP contribution in [0.4, 0.5) is 0 Å². The van der Waals surface area contributed by atoms with E-state index in [-0.39, 0.29) is 30.3 Å². The molecule has 0 aromatic heterocycles. The maximum Gasteiger partial charge on any atom is 0.236 e. The van der Waals surface area contributed by atoms with Crippen LogP contribution in [0, 0.1) is 5.92 Å². The van der Waals surface area contributed by atoms with Crippen molar-refractivity contribution in [2.24, 2.45) is 10.9 Å². The summed E-state index contributed by atoms with van der Waals surface area (Å²) in [6, 6.07) is 0. The molecular weight excluding hydrogens is 316 g/mol. The second-order valence-electron chi connectivity index (χ2n) is 5.76. The van der Waals surface area contributed by atoms with E-state index in [1.54, 1.807) is 0 Å². The third kappa shape index (κ3) is 3.53. The molecule has 2 fully saturated rings. The molecule has 0 aliphatic carbocycles. The fraction of sp³-hybridized carbons (Fsp3) is 0.917. The fourth-order valence-electron chi connectivity index (χ4n) is 3.02. The average molecular weight is 336 g/mol. The van der Waals surface area contributed by atoms with Crippen molar-refractivity contribution >= 4 is 25.9 Å². The van der Waals surface area contributed by atoms with Gasteiger partial charge in [0, 0.05) is 6.54 Å². The average Bonchev–Trinajstić information content (AvgIpc) is 2.40. The smallest absolute Gasteiger partial charge is 0.229 e. The Morgan fingerprint density at radius 2 is 1.81 bits per heavy atom. The van der Waals surface area contributed by atoms with Crippen LogP contribution in [0.2, 0.25) is 0 Å². The number of hydrogen-bond donors (Lipinski definition) is 0. The highest BCUT2D eigenvalue weighted by Crippen LogP contribution is 2.31. The van der Waals surface area contributed by atoms with Crippen molar-refractivity contribution in [2.45, 2.75) is 44.0 Å². The molecule has 2 aliphatic heterocycles. The quantitative estimate of drug-likeness (QED) is 0.544. The van der Waals surface area contributed by atoms with E-state index < -0.39 is 31.3 Å². The summed E-state index contributed by atoms with van der Waals surface area (Å²) in [6.45, 7) is 2.18. The third-order valence-electron chi connectivity index (χ3n) is 4.28. The van der Waals surface area contributed by atoms with Gasteiger partial charge in [0.1, 0.15) is 16.0 Å². The van der Waals surface area contributed by atoms with Gasteiger partial charge in [0.2, 0.25) is 16.1 Å². The topological polar surface area (TPSA) is 101 Å². The second-order valence-corrected chi connectivity index (χ2v) is 10.2. The van der Waals surface area contributed by atoms with Crippen LogP contribution < -0.4 is 0 Å². The van der Waals surface area contributed by atoms with Crippen molar-refractivity contribution in [3.63, 3.8) is 0 Å². The van der Waals surface area contributed by atoms with Crippen molar-refractivity contribution < 1.29 is 21.6 Å². The molecule has 0 amide bonds. The highest BCUT2D eigenvalue weighted by atomic mass is 32.2. The Labute approximate surface area is 125 Å².